The first-order chi connectivity index (χ1) is 15.1. The lowest BCUT2D eigenvalue weighted by molar-refractivity contribution is -0.137. The summed E-state index contributed by atoms with van der Waals surface area (Å²) >= 11 is 5.84. The van der Waals surface area contributed by atoms with Crippen molar-refractivity contribution in [2.75, 3.05) is 5.32 Å². The molecular formula is C21H16ClF4N3O3. The zero-order chi connectivity index (χ0) is 23.0. The molecule has 2 aromatic carbocycles. The van der Waals surface area contributed by atoms with E-state index in [1.54, 1.807) is 0 Å². The quantitative estimate of drug-likeness (QED) is 0.334. The van der Waals surface area contributed by atoms with Crippen molar-refractivity contribution in [3.8, 4) is 11.5 Å². The van der Waals surface area contributed by atoms with Crippen molar-refractivity contribution in [3.05, 3.63) is 80.5 Å². The molecule has 1 aliphatic rings. The highest BCUT2D eigenvalue weighted by Crippen LogP contribution is 2.47. The SMILES string of the molecule is O=c1cc(NC(O)c2cc(Cl)c(C(F)(F)F)cc2Oc2ccc(F)cc2C2CC2)cn[nH]1. The molecule has 6 nitrogen and oxygen atoms in total. The second-order valence-electron chi connectivity index (χ2n) is 7.31. The molecular weight excluding hydrogens is 454 g/mol. The normalized spacial score (nSPS) is 14.8. The van der Waals surface area contributed by atoms with Gasteiger partial charge in [0, 0.05) is 17.2 Å². The minimum atomic E-state index is -4.77. The first-order valence-corrected chi connectivity index (χ1v) is 9.87. The van der Waals surface area contributed by atoms with Crippen LogP contribution < -0.4 is 15.6 Å². The molecule has 11 heteroatoms. The molecule has 3 N–H and O–H groups in total. The van der Waals surface area contributed by atoms with E-state index >= 15 is 0 Å². The van der Waals surface area contributed by atoms with E-state index in [2.05, 4.69) is 15.5 Å². The maximum Gasteiger partial charge on any atom is 0.417 e. The summed E-state index contributed by atoms with van der Waals surface area (Å²) in [4.78, 5) is 11.4. The lowest BCUT2D eigenvalue weighted by atomic mass is 10.1. The Balaban J connectivity index is 1.76. The average Bonchev–Trinajstić information content (AvgIpc) is 3.54. The van der Waals surface area contributed by atoms with Crippen molar-refractivity contribution in [1.82, 2.24) is 10.2 Å². The molecule has 1 unspecified atom stereocenters. The maximum absolute atomic E-state index is 13.7. The minimum absolute atomic E-state index is 0.0451. The van der Waals surface area contributed by atoms with Crippen LogP contribution in [-0.2, 0) is 6.18 Å². The number of hydrogen-bond acceptors (Lipinski definition) is 5. The second-order valence-corrected chi connectivity index (χ2v) is 7.71. The third-order valence-corrected chi connectivity index (χ3v) is 5.19. The van der Waals surface area contributed by atoms with Crippen molar-refractivity contribution in [2.45, 2.75) is 31.2 Å². The highest BCUT2D eigenvalue weighted by atomic mass is 35.5. The van der Waals surface area contributed by atoms with Gasteiger partial charge in [-0.25, -0.2) is 9.49 Å². The number of alkyl halides is 3. The Labute approximate surface area is 183 Å². The third-order valence-electron chi connectivity index (χ3n) is 4.88. The third kappa shape index (κ3) is 4.86. The van der Waals surface area contributed by atoms with Crippen LogP contribution in [0.4, 0.5) is 23.2 Å². The number of anilines is 1. The summed E-state index contributed by atoms with van der Waals surface area (Å²) in [5, 5.41) is 18.3. The van der Waals surface area contributed by atoms with E-state index < -0.39 is 34.4 Å². The van der Waals surface area contributed by atoms with Crippen LogP contribution in [0.5, 0.6) is 11.5 Å². The van der Waals surface area contributed by atoms with Gasteiger partial charge in [0.25, 0.3) is 5.56 Å². The van der Waals surface area contributed by atoms with Crippen molar-refractivity contribution >= 4 is 17.3 Å². The van der Waals surface area contributed by atoms with E-state index in [4.69, 9.17) is 16.3 Å². The fraction of sp³-hybridized carbons (Fsp3) is 0.238. The van der Waals surface area contributed by atoms with Crippen molar-refractivity contribution in [2.24, 2.45) is 0 Å². The van der Waals surface area contributed by atoms with Crippen LogP contribution in [0.15, 0.2) is 47.4 Å². The number of hydrogen-bond donors (Lipinski definition) is 3. The Morgan fingerprint density at radius 1 is 1.19 bits per heavy atom. The average molecular weight is 470 g/mol. The molecule has 1 saturated carbocycles. The number of rotatable bonds is 6. The number of aliphatic hydroxyl groups excluding tert-OH is 1. The van der Waals surface area contributed by atoms with Crippen LogP contribution in [0.25, 0.3) is 0 Å². The molecule has 0 aliphatic heterocycles. The number of nitrogens with zero attached hydrogens (tertiary/aromatic N) is 1. The smallest absolute Gasteiger partial charge is 0.417 e. The number of aromatic nitrogens is 2. The van der Waals surface area contributed by atoms with Gasteiger partial charge in [-0.1, -0.05) is 11.6 Å². The van der Waals surface area contributed by atoms with Gasteiger partial charge in [-0.05, 0) is 49.1 Å². The maximum atomic E-state index is 13.7. The van der Waals surface area contributed by atoms with Gasteiger partial charge in [-0.15, -0.1) is 0 Å². The zero-order valence-corrected chi connectivity index (χ0v) is 17.0. The Morgan fingerprint density at radius 3 is 2.59 bits per heavy atom. The summed E-state index contributed by atoms with van der Waals surface area (Å²) in [6.07, 6.45) is -3.55. The number of H-pyrrole nitrogens is 1. The molecule has 168 valence electrons. The molecule has 1 aliphatic carbocycles. The summed E-state index contributed by atoms with van der Waals surface area (Å²) in [7, 11) is 0. The zero-order valence-electron chi connectivity index (χ0n) is 16.2. The Hall–Kier alpha value is -3.11. The monoisotopic (exact) mass is 469 g/mol. The number of halogens is 5. The van der Waals surface area contributed by atoms with Crippen LogP contribution in [-0.4, -0.2) is 15.3 Å². The lowest BCUT2D eigenvalue weighted by Gasteiger charge is -2.21. The predicted octanol–water partition coefficient (Wildman–Crippen LogP) is 5.35. The summed E-state index contributed by atoms with van der Waals surface area (Å²) in [5.74, 6) is -0.595. The molecule has 4 rings (SSSR count). The summed E-state index contributed by atoms with van der Waals surface area (Å²) < 4.78 is 59.8. The first-order valence-electron chi connectivity index (χ1n) is 9.49. The van der Waals surface area contributed by atoms with Gasteiger partial charge in [0.1, 0.15) is 17.3 Å². The molecule has 0 spiro atoms. The van der Waals surface area contributed by atoms with Crippen LogP contribution in [0.1, 0.15) is 41.7 Å². The number of nitrogens with one attached hydrogen (secondary N) is 2. The molecule has 0 radical (unpaired) electrons. The molecule has 1 atom stereocenters. The highest BCUT2D eigenvalue weighted by molar-refractivity contribution is 6.31. The van der Waals surface area contributed by atoms with Crippen LogP contribution in [0.3, 0.4) is 0 Å². The lowest BCUT2D eigenvalue weighted by Crippen LogP contribution is -2.15. The van der Waals surface area contributed by atoms with Gasteiger partial charge in [0.05, 0.1) is 22.5 Å². The van der Waals surface area contributed by atoms with Crippen LogP contribution in [0, 0.1) is 5.82 Å². The van der Waals surface area contributed by atoms with Gasteiger partial charge >= 0.3 is 6.18 Å². The molecule has 1 fully saturated rings. The molecule has 0 saturated heterocycles. The van der Waals surface area contributed by atoms with Gasteiger partial charge in [-0.2, -0.15) is 18.3 Å². The van der Waals surface area contributed by atoms with Crippen LogP contribution >= 0.6 is 11.6 Å². The van der Waals surface area contributed by atoms with Gasteiger partial charge in [0.2, 0.25) is 0 Å². The van der Waals surface area contributed by atoms with E-state index in [0.29, 0.717) is 11.6 Å². The first kappa shape index (κ1) is 22.1. The fourth-order valence-corrected chi connectivity index (χ4v) is 3.50. The molecule has 1 aromatic heterocycles. The van der Waals surface area contributed by atoms with Crippen molar-refractivity contribution < 1.29 is 27.4 Å². The molecule has 32 heavy (non-hydrogen) atoms. The molecule has 0 amide bonds. The van der Waals surface area contributed by atoms with Gasteiger partial charge < -0.3 is 15.2 Å². The summed E-state index contributed by atoms with van der Waals surface area (Å²) in [6.45, 7) is 0. The highest BCUT2D eigenvalue weighted by Gasteiger charge is 2.35. The molecule has 3 aromatic rings. The van der Waals surface area contributed by atoms with E-state index in [1.807, 2.05) is 0 Å². The summed E-state index contributed by atoms with van der Waals surface area (Å²) in [5.41, 5.74) is -1.18. The molecule has 0 bridgehead atoms. The standard InChI is InChI=1S/C21H16ClF4N3O3/c22-16-7-14(20(31)28-12-6-19(30)29-27-9-12)18(8-15(16)21(24,25)26)32-17-4-3-11(23)5-13(17)10-1-2-10/h3-10,20,31H,1-2H2,(H2,28,29,30). The van der Waals surface area contributed by atoms with E-state index in [0.717, 1.165) is 31.0 Å². The Kier molecular flexibility index (Phi) is 5.83. The number of ether oxygens (including phenoxy) is 1. The Bertz CT molecular complexity index is 1210. The number of benzene rings is 2. The van der Waals surface area contributed by atoms with Crippen molar-refractivity contribution in [1.29, 1.82) is 0 Å². The largest absolute Gasteiger partial charge is 0.457 e. The predicted molar refractivity (Wildman–Crippen MR) is 108 cm³/mol. The topological polar surface area (TPSA) is 87.2 Å². The van der Waals surface area contributed by atoms with Gasteiger partial charge in [-0.3, -0.25) is 4.79 Å². The van der Waals surface area contributed by atoms with E-state index in [1.165, 1.54) is 18.3 Å². The Morgan fingerprint density at radius 2 is 1.94 bits per heavy atom. The summed E-state index contributed by atoms with van der Waals surface area (Å²) in [6, 6.07) is 6.46. The number of aromatic amines is 1. The van der Waals surface area contributed by atoms with Gasteiger partial charge in [0.15, 0.2) is 6.23 Å². The van der Waals surface area contributed by atoms with E-state index in [-0.39, 0.29) is 28.7 Å². The fourth-order valence-electron chi connectivity index (χ4n) is 3.22. The second kappa shape index (κ2) is 8.44. The van der Waals surface area contributed by atoms with Crippen molar-refractivity contribution in [3.63, 3.8) is 0 Å². The molecule has 1 heterocycles. The number of aliphatic hydroxyl groups is 1. The van der Waals surface area contributed by atoms with Crippen LogP contribution in [0.2, 0.25) is 5.02 Å². The van der Waals surface area contributed by atoms with E-state index in [9.17, 15) is 27.5 Å². The minimum Gasteiger partial charge on any atom is -0.457 e.